The first-order valence-corrected chi connectivity index (χ1v) is 5.20. The standard InChI is InChI=1S/C12H14FNO3/c1-3-12(11(16)17,14-8(2)15)9-4-6-10(13)7-5-9/h4-7H,3H2,1-2H3,(H,14,15)(H,16,17). The van der Waals surface area contributed by atoms with Crippen molar-refractivity contribution in [2.45, 2.75) is 25.8 Å². The van der Waals surface area contributed by atoms with E-state index in [2.05, 4.69) is 5.32 Å². The normalized spacial score (nSPS) is 13.8. The Bertz CT molecular complexity index is 430. The summed E-state index contributed by atoms with van der Waals surface area (Å²) >= 11 is 0. The van der Waals surface area contributed by atoms with Crippen LogP contribution >= 0.6 is 0 Å². The lowest BCUT2D eigenvalue weighted by Crippen LogP contribution is -2.50. The number of amides is 1. The van der Waals surface area contributed by atoms with Gasteiger partial charge in [0.2, 0.25) is 5.91 Å². The van der Waals surface area contributed by atoms with Crippen LogP contribution in [0.5, 0.6) is 0 Å². The van der Waals surface area contributed by atoms with E-state index in [1.54, 1.807) is 6.92 Å². The fourth-order valence-corrected chi connectivity index (χ4v) is 1.73. The third-order valence-electron chi connectivity index (χ3n) is 2.62. The van der Waals surface area contributed by atoms with Gasteiger partial charge >= 0.3 is 5.97 Å². The Hall–Kier alpha value is -1.91. The number of nitrogens with one attached hydrogen (secondary N) is 1. The summed E-state index contributed by atoms with van der Waals surface area (Å²) in [6.07, 6.45) is 0.174. The fourth-order valence-electron chi connectivity index (χ4n) is 1.73. The van der Waals surface area contributed by atoms with Crippen LogP contribution in [0.1, 0.15) is 25.8 Å². The van der Waals surface area contributed by atoms with Gasteiger partial charge in [-0.1, -0.05) is 19.1 Å². The van der Waals surface area contributed by atoms with Crippen LogP contribution in [0.4, 0.5) is 4.39 Å². The SMILES string of the molecule is CCC(NC(C)=O)(C(=O)O)c1ccc(F)cc1. The summed E-state index contributed by atoms with van der Waals surface area (Å²) in [6, 6.07) is 5.07. The van der Waals surface area contributed by atoms with Gasteiger partial charge in [0.05, 0.1) is 0 Å². The molecule has 2 N–H and O–H groups in total. The predicted octanol–water partition coefficient (Wildman–Crippen LogP) is 1.65. The molecule has 0 fully saturated rings. The van der Waals surface area contributed by atoms with Gasteiger partial charge in [-0.25, -0.2) is 9.18 Å². The monoisotopic (exact) mass is 239 g/mol. The third kappa shape index (κ3) is 2.61. The number of carboxylic acid groups (broad SMARTS) is 1. The molecule has 1 unspecified atom stereocenters. The van der Waals surface area contributed by atoms with Crippen LogP contribution in [0.15, 0.2) is 24.3 Å². The summed E-state index contributed by atoms with van der Waals surface area (Å²) in [5.41, 5.74) is -1.15. The average Bonchev–Trinajstić information content (AvgIpc) is 2.26. The summed E-state index contributed by atoms with van der Waals surface area (Å²) in [6.45, 7) is 2.89. The molecule has 0 spiro atoms. The number of hydrogen-bond donors (Lipinski definition) is 2. The number of hydrogen-bond acceptors (Lipinski definition) is 2. The van der Waals surface area contributed by atoms with E-state index >= 15 is 0 Å². The maximum Gasteiger partial charge on any atom is 0.334 e. The minimum Gasteiger partial charge on any atom is -0.479 e. The molecular formula is C12H14FNO3. The van der Waals surface area contributed by atoms with Gasteiger partial charge in [-0.3, -0.25) is 4.79 Å². The molecule has 0 saturated carbocycles. The molecule has 0 radical (unpaired) electrons. The lowest BCUT2D eigenvalue weighted by atomic mass is 9.87. The zero-order valence-corrected chi connectivity index (χ0v) is 9.66. The fraction of sp³-hybridized carbons (Fsp3) is 0.333. The Morgan fingerprint density at radius 3 is 2.24 bits per heavy atom. The largest absolute Gasteiger partial charge is 0.479 e. The number of carbonyl (C=O) groups excluding carboxylic acids is 1. The van der Waals surface area contributed by atoms with Crippen molar-refractivity contribution >= 4 is 11.9 Å². The van der Waals surface area contributed by atoms with Gasteiger partial charge in [0, 0.05) is 6.92 Å². The summed E-state index contributed by atoms with van der Waals surface area (Å²) in [5, 5.41) is 11.7. The van der Waals surface area contributed by atoms with Crippen LogP contribution in [-0.4, -0.2) is 17.0 Å². The molecule has 1 atom stereocenters. The van der Waals surface area contributed by atoms with E-state index in [-0.39, 0.29) is 6.42 Å². The Balaban J connectivity index is 3.26. The number of carboxylic acids is 1. The smallest absolute Gasteiger partial charge is 0.334 e. The molecule has 0 aromatic heterocycles. The van der Waals surface area contributed by atoms with Gasteiger partial charge in [0.1, 0.15) is 5.82 Å². The van der Waals surface area contributed by atoms with Crippen molar-refractivity contribution in [3.63, 3.8) is 0 Å². The molecule has 0 aliphatic rings. The lowest BCUT2D eigenvalue weighted by molar-refractivity contribution is -0.148. The molecular weight excluding hydrogens is 225 g/mol. The highest BCUT2D eigenvalue weighted by atomic mass is 19.1. The molecule has 0 aliphatic heterocycles. The first-order chi connectivity index (χ1) is 7.92. The number of benzene rings is 1. The summed E-state index contributed by atoms with van der Waals surface area (Å²) < 4.78 is 12.8. The van der Waals surface area contributed by atoms with Crippen LogP contribution in [-0.2, 0) is 15.1 Å². The molecule has 0 saturated heterocycles. The molecule has 0 heterocycles. The highest BCUT2D eigenvalue weighted by Crippen LogP contribution is 2.25. The molecule has 17 heavy (non-hydrogen) atoms. The molecule has 92 valence electrons. The van der Waals surface area contributed by atoms with E-state index in [0.717, 1.165) is 0 Å². The topological polar surface area (TPSA) is 66.4 Å². The first kappa shape index (κ1) is 13.2. The highest BCUT2D eigenvalue weighted by molar-refractivity contribution is 5.87. The zero-order valence-electron chi connectivity index (χ0n) is 9.66. The number of carbonyl (C=O) groups is 2. The van der Waals surface area contributed by atoms with Crippen molar-refractivity contribution in [3.05, 3.63) is 35.6 Å². The van der Waals surface area contributed by atoms with Gasteiger partial charge in [0.15, 0.2) is 5.54 Å². The Kier molecular flexibility index (Phi) is 3.83. The minimum absolute atomic E-state index is 0.174. The molecule has 1 rings (SSSR count). The van der Waals surface area contributed by atoms with Gasteiger partial charge in [-0.15, -0.1) is 0 Å². The van der Waals surface area contributed by atoms with Crippen molar-refractivity contribution in [1.29, 1.82) is 0 Å². The maximum atomic E-state index is 12.8. The van der Waals surface area contributed by atoms with Gasteiger partial charge in [-0.2, -0.15) is 0 Å². The molecule has 1 aromatic rings. The van der Waals surface area contributed by atoms with Crippen LogP contribution in [0.25, 0.3) is 0 Å². The van der Waals surface area contributed by atoms with E-state index < -0.39 is 23.2 Å². The van der Waals surface area contributed by atoms with E-state index in [4.69, 9.17) is 0 Å². The van der Waals surface area contributed by atoms with Gasteiger partial charge in [-0.05, 0) is 24.1 Å². The Morgan fingerprint density at radius 1 is 1.35 bits per heavy atom. The van der Waals surface area contributed by atoms with E-state index in [9.17, 15) is 19.1 Å². The zero-order chi connectivity index (χ0) is 13.1. The van der Waals surface area contributed by atoms with Crippen molar-refractivity contribution in [2.24, 2.45) is 0 Å². The molecule has 0 bridgehead atoms. The average molecular weight is 239 g/mol. The van der Waals surface area contributed by atoms with E-state index in [0.29, 0.717) is 5.56 Å². The van der Waals surface area contributed by atoms with Crippen LogP contribution in [0.2, 0.25) is 0 Å². The van der Waals surface area contributed by atoms with Crippen LogP contribution in [0, 0.1) is 5.82 Å². The van der Waals surface area contributed by atoms with E-state index in [1.807, 2.05) is 0 Å². The molecule has 4 nitrogen and oxygen atoms in total. The second kappa shape index (κ2) is 4.95. The molecule has 1 aromatic carbocycles. The molecule has 0 aliphatic carbocycles. The van der Waals surface area contributed by atoms with E-state index in [1.165, 1.54) is 31.2 Å². The maximum absolute atomic E-state index is 12.8. The van der Waals surface area contributed by atoms with Gasteiger partial charge in [0.25, 0.3) is 0 Å². The second-order valence-electron chi connectivity index (χ2n) is 3.75. The summed E-state index contributed by atoms with van der Waals surface area (Å²) in [7, 11) is 0. The first-order valence-electron chi connectivity index (χ1n) is 5.20. The molecule has 5 heteroatoms. The predicted molar refractivity (Wildman–Crippen MR) is 59.8 cm³/mol. The lowest BCUT2D eigenvalue weighted by Gasteiger charge is -2.29. The van der Waals surface area contributed by atoms with Gasteiger partial charge < -0.3 is 10.4 Å². The van der Waals surface area contributed by atoms with Crippen LogP contribution in [0.3, 0.4) is 0 Å². The van der Waals surface area contributed by atoms with Crippen LogP contribution < -0.4 is 5.32 Å². The van der Waals surface area contributed by atoms with Crippen molar-refractivity contribution < 1.29 is 19.1 Å². The van der Waals surface area contributed by atoms with Crippen molar-refractivity contribution in [2.75, 3.05) is 0 Å². The summed E-state index contributed by atoms with van der Waals surface area (Å²) in [4.78, 5) is 22.5. The number of aliphatic carboxylic acids is 1. The quantitative estimate of drug-likeness (QED) is 0.839. The van der Waals surface area contributed by atoms with Crippen molar-refractivity contribution in [3.8, 4) is 0 Å². The third-order valence-corrected chi connectivity index (χ3v) is 2.62. The van der Waals surface area contributed by atoms with Crippen molar-refractivity contribution in [1.82, 2.24) is 5.32 Å². The highest BCUT2D eigenvalue weighted by Gasteiger charge is 2.39. The summed E-state index contributed by atoms with van der Waals surface area (Å²) in [5.74, 6) is -2.06. The Labute approximate surface area is 98.5 Å². The number of halogens is 1. The minimum atomic E-state index is -1.50. The second-order valence-corrected chi connectivity index (χ2v) is 3.75. The Morgan fingerprint density at radius 2 is 1.88 bits per heavy atom. The number of rotatable bonds is 4. The molecule has 1 amide bonds.